The van der Waals surface area contributed by atoms with Crippen LogP contribution >= 0.6 is 11.8 Å². The van der Waals surface area contributed by atoms with Gasteiger partial charge in [0.05, 0.1) is 29.7 Å². The molecule has 1 saturated heterocycles. The van der Waals surface area contributed by atoms with E-state index in [0.717, 1.165) is 27.3 Å². The monoisotopic (exact) mass is 540 g/mol. The molecule has 39 heavy (non-hydrogen) atoms. The van der Waals surface area contributed by atoms with Crippen LogP contribution in [0.2, 0.25) is 0 Å². The van der Waals surface area contributed by atoms with Gasteiger partial charge in [0, 0.05) is 23.5 Å². The number of benzene rings is 3. The lowest BCUT2D eigenvalue weighted by molar-refractivity contribution is -0.149. The fourth-order valence-corrected chi connectivity index (χ4v) is 6.09. The quantitative estimate of drug-likeness (QED) is 0.280. The van der Waals surface area contributed by atoms with Crippen molar-refractivity contribution in [1.82, 2.24) is 4.90 Å². The van der Waals surface area contributed by atoms with Gasteiger partial charge in [-0.1, -0.05) is 71.9 Å². The third kappa shape index (κ3) is 6.09. The zero-order chi connectivity index (χ0) is 27.4. The summed E-state index contributed by atoms with van der Waals surface area (Å²) in [5, 5.41) is 0. The van der Waals surface area contributed by atoms with E-state index in [0.29, 0.717) is 49.6 Å². The molecular weight excluding hydrogens is 508 g/mol. The summed E-state index contributed by atoms with van der Waals surface area (Å²) in [5.41, 5.74) is 4.40. The minimum atomic E-state index is -0.180. The van der Waals surface area contributed by atoms with Crippen molar-refractivity contribution in [2.24, 2.45) is 5.92 Å². The Balaban J connectivity index is 1.43. The number of rotatable bonds is 6. The van der Waals surface area contributed by atoms with Crippen molar-refractivity contribution in [2.45, 2.75) is 38.1 Å². The van der Waals surface area contributed by atoms with Gasteiger partial charge in [-0.2, -0.15) is 0 Å². The van der Waals surface area contributed by atoms with Crippen molar-refractivity contribution in [1.29, 1.82) is 0 Å². The Morgan fingerprint density at radius 3 is 2.49 bits per heavy atom. The lowest BCUT2D eigenvalue weighted by Crippen LogP contribution is -2.41. The van der Waals surface area contributed by atoms with Crippen molar-refractivity contribution in [3.05, 3.63) is 100.0 Å². The van der Waals surface area contributed by atoms with Gasteiger partial charge in [-0.15, -0.1) is 0 Å². The third-order valence-electron chi connectivity index (χ3n) is 7.10. The van der Waals surface area contributed by atoms with E-state index in [1.807, 2.05) is 79.7 Å². The molecule has 0 aromatic heterocycles. The molecule has 0 bridgehead atoms. The summed E-state index contributed by atoms with van der Waals surface area (Å²) in [5.74, 6) is -0.511. The van der Waals surface area contributed by atoms with Crippen molar-refractivity contribution in [3.63, 3.8) is 0 Å². The minimum absolute atomic E-state index is 0.0845. The summed E-state index contributed by atoms with van der Waals surface area (Å²) >= 11 is 1.44. The molecule has 0 unspecified atom stereocenters. The van der Waals surface area contributed by atoms with E-state index in [1.54, 1.807) is 16.7 Å². The number of hydrogen-bond donors (Lipinski definition) is 0. The van der Waals surface area contributed by atoms with Crippen LogP contribution in [0.4, 0.5) is 5.69 Å². The Kier molecular flexibility index (Phi) is 8.17. The summed E-state index contributed by atoms with van der Waals surface area (Å²) in [6.45, 7) is 5.62. The molecule has 3 aromatic rings. The Labute approximate surface area is 233 Å². The van der Waals surface area contributed by atoms with Gasteiger partial charge in [0.2, 0.25) is 0 Å². The zero-order valence-corrected chi connectivity index (χ0v) is 23.1. The third-order valence-corrected chi connectivity index (χ3v) is 8.17. The zero-order valence-electron chi connectivity index (χ0n) is 22.3. The van der Waals surface area contributed by atoms with Crippen LogP contribution in [-0.2, 0) is 20.9 Å². The Hall–Kier alpha value is -3.84. The first-order chi connectivity index (χ1) is 18.9. The number of hydrogen-bond acceptors (Lipinski definition) is 5. The number of piperidine rings is 1. The topological polar surface area (TPSA) is 66.9 Å². The molecule has 0 radical (unpaired) electrons. The van der Waals surface area contributed by atoms with Crippen LogP contribution in [0.5, 0.6) is 0 Å². The molecule has 2 aliphatic heterocycles. The Bertz CT molecular complexity index is 1410. The van der Waals surface area contributed by atoms with Crippen molar-refractivity contribution in [2.75, 3.05) is 24.6 Å². The Morgan fingerprint density at radius 2 is 1.77 bits per heavy atom. The fourth-order valence-electron chi connectivity index (χ4n) is 5.06. The van der Waals surface area contributed by atoms with Gasteiger partial charge < -0.3 is 14.5 Å². The number of thioether (sulfide) groups is 1. The first-order valence-electron chi connectivity index (χ1n) is 13.3. The number of carbonyl (C=O) groups is 3. The van der Waals surface area contributed by atoms with E-state index in [1.165, 1.54) is 11.8 Å². The van der Waals surface area contributed by atoms with Crippen LogP contribution < -0.4 is 4.90 Å². The van der Waals surface area contributed by atoms with E-state index < -0.39 is 0 Å². The molecule has 7 heteroatoms. The van der Waals surface area contributed by atoms with Gasteiger partial charge in [0.1, 0.15) is 0 Å². The van der Waals surface area contributed by atoms with E-state index in [9.17, 15) is 14.4 Å². The molecule has 3 aromatic carbocycles. The standard InChI is InChI=1S/C32H32N2O4S/c1-3-38-32(37)25-14-16-33(17-15-25)30(35)26-12-13-28-27(20-26)34(21-24-11-7-8-22(2)18-24)31(36)29(39-28)19-23-9-5-4-6-10-23/h4-13,18-20,25H,3,14-17,21H2,1-2H3. The molecular formula is C32H32N2O4S. The van der Waals surface area contributed by atoms with Crippen LogP contribution in [0.1, 0.15) is 46.8 Å². The average molecular weight is 541 g/mol. The maximum absolute atomic E-state index is 13.8. The summed E-state index contributed by atoms with van der Waals surface area (Å²) in [4.78, 5) is 44.5. The summed E-state index contributed by atoms with van der Waals surface area (Å²) in [6.07, 6.45) is 3.11. The molecule has 0 N–H and O–H groups in total. The highest BCUT2D eigenvalue weighted by molar-refractivity contribution is 8.04. The van der Waals surface area contributed by atoms with Crippen LogP contribution in [-0.4, -0.2) is 42.4 Å². The lowest BCUT2D eigenvalue weighted by atomic mass is 9.96. The number of aryl methyl sites for hydroxylation is 1. The minimum Gasteiger partial charge on any atom is -0.466 e. The number of ether oxygens (including phenoxy) is 1. The van der Waals surface area contributed by atoms with E-state index in [-0.39, 0.29) is 23.7 Å². The van der Waals surface area contributed by atoms with Crippen molar-refractivity contribution < 1.29 is 19.1 Å². The number of nitrogens with zero attached hydrogens (tertiary/aromatic N) is 2. The summed E-state index contributed by atoms with van der Waals surface area (Å²) in [7, 11) is 0. The highest BCUT2D eigenvalue weighted by atomic mass is 32.2. The molecule has 2 amide bonds. The molecule has 2 aliphatic rings. The Morgan fingerprint density at radius 1 is 1.00 bits per heavy atom. The van der Waals surface area contributed by atoms with Gasteiger partial charge in [0.15, 0.2) is 0 Å². The predicted octanol–water partition coefficient (Wildman–Crippen LogP) is 6.09. The second kappa shape index (κ2) is 11.9. The second-order valence-corrected chi connectivity index (χ2v) is 11.0. The maximum atomic E-state index is 13.8. The van der Waals surface area contributed by atoms with Gasteiger partial charge in [-0.3, -0.25) is 14.4 Å². The highest BCUT2D eigenvalue weighted by Gasteiger charge is 2.32. The molecule has 0 aliphatic carbocycles. The fraction of sp³-hybridized carbons (Fsp3) is 0.281. The number of esters is 1. The molecule has 200 valence electrons. The van der Waals surface area contributed by atoms with Gasteiger partial charge >= 0.3 is 5.97 Å². The summed E-state index contributed by atoms with van der Waals surface area (Å²) in [6, 6.07) is 23.6. The largest absolute Gasteiger partial charge is 0.466 e. The normalized spacial score (nSPS) is 16.8. The van der Waals surface area contributed by atoms with Crippen molar-refractivity contribution in [3.8, 4) is 0 Å². The summed E-state index contributed by atoms with van der Waals surface area (Å²) < 4.78 is 5.16. The smallest absolute Gasteiger partial charge is 0.309 e. The van der Waals surface area contributed by atoms with Crippen molar-refractivity contribution >= 4 is 41.3 Å². The van der Waals surface area contributed by atoms with E-state index in [4.69, 9.17) is 4.74 Å². The second-order valence-electron chi connectivity index (χ2n) is 9.90. The van der Waals surface area contributed by atoms with Gasteiger partial charge in [-0.05, 0) is 62.1 Å². The van der Waals surface area contributed by atoms with Crippen LogP contribution in [0.25, 0.3) is 6.08 Å². The number of amides is 2. The number of carbonyl (C=O) groups excluding carboxylic acids is 3. The molecule has 0 spiro atoms. The molecule has 6 nitrogen and oxygen atoms in total. The van der Waals surface area contributed by atoms with Gasteiger partial charge in [0.25, 0.3) is 11.8 Å². The van der Waals surface area contributed by atoms with Gasteiger partial charge in [-0.25, -0.2) is 0 Å². The first-order valence-corrected chi connectivity index (χ1v) is 14.2. The molecule has 2 heterocycles. The van der Waals surface area contributed by atoms with Crippen LogP contribution in [0.15, 0.2) is 82.6 Å². The van der Waals surface area contributed by atoms with Crippen LogP contribution in [0.3, 0.4) is 0 Å². The number of likely N-dealkylation sites (tertiary alicyclic amines) is 1. The highest BCUT2D eigenvalue weighted by Crippen LogP contribution is 2.43. The lowest BCUT2D eigenvalue weighted by Gasteiger charge is -2.33. The molecule has 5 rings (SSSR count). The van der Waals surface area contributed by atoms with E-state index >= 15 is 0 Å². The first kappa shape index (κ1) is 26.8. The molecule has 0 atom stereocenters. The predicted molar refractivity (Wildman–Crippen MR) is 154 cm³/mol. The van der Waals surface area contributed by atoms with Crippen LogP contribution in [0, 0.1) is 12.8 Å². The molecule has 0 saturated carbocycles. The van der Waals surface area contributed by atoms with E-state index in [2.05, 4.69) is 6.07 Å². The molecule has 1 fully saturated rings. The number of anilines is 1. The SMILES string of the molecule is CCOC(=O)C1CCN(C(=O)c2ccc3c(c2)N(Cc2cccc(C)c2)C(=O)C(=Cc2ccccc2)S3)CC1. The average Bonchev–Trinajstić information content (AvgIpc) is 2.95. The maximum Gasteiger partial charge on any atom is 0.309 e. The number of fused-ring (bicyclic) bond motifs is 1.